The van der Waals surface area contributed by atoms with Crippen LogP contribution in [0.4, 0.5) is 5.82 Å². The number of rotatable bonds is 7. The van der Waals surface area contributed by atoms with E-state index in [0.717, 1.165) is 58.1 Å². The van der Waals surface area contributed by atoms with Crippen molar-refractivity contribution in [2.24, 2.45) is 0 Å². The molecule has 8 nitrogen and oxygen atoms in total. The first-order valence-electron chi connectivity index (χ1n) is 12.7. The molecule has 8 heteroatoms. The predicted octanol–water partition coefficient (Wildman–Crippen LogP) is 5.30. The van der Waals surface area contributed by atoms with Crippen molar-refractivity contribution in [3.05, 3.63) is 96.3 Å². The summed E-state index contributed by atoms with van der Waals surface area (Å²) in [5, 5.41) is 6.51. The monoisotopic (exact) mass is 503 g/mol. The molecule has 0 saturated heterocycles. The Morgan fingerprint density at radius 1 is 0.947 bits per heavy atom. The molecule has 0 radical (unpaired) electrons. The molecule has 2 N–H and O–H groups in total. The SMILES string of the molecule is O=C(NC1CC1)c1ccc(-c2cnc3c(NCc4ccc5c(c4)OCO5)nc(-c4ccccc4)cn23)cc1. The number of hydrogen-bond acceptors (Lipinski definition) is 6. The van der Waals surface area contributed by atoms with Crippen LogP contribution >= 0.6 is 0 Å². The van der Waals surface area contributed by atoms with Gasteiger partial charge >= 0.3 is 0 Å². The summed E-state index contributed by atoms with van der Waals surface area (Å²) in [5.41, 5.74) is 6.14. The van der Waals surface area contributed by atoms with Gasteiger partial charge < -0.3 is 20.1 Å². The van der Waals surface area contributed by atoms with Gasteiger partial charge in [0.25, 0.3) is 5.91 Å². The van der Waals surface area contributed by atoms with E-state index >= 15 is 0 Å². The highest BCUT2D eigenvalue weighted by atomic mass is 16.7. The van der Waals surface area contributed by atoms with Crippen molar-refractivity contribution in [1.29, 1.82) is 0 Å². The molecule has 2 aromatic heterocycles. The van der Waals surface area contributed by atoms with E-state index in [4.69, 9.17) is 19.4 Å². The second-order valence-corrected chi connectivity index (χ2v) is 9.54. The van der Waals surface area contributed by atoms with Gasteiger partial charge in [-0.3, -0.25) is 9.20 Å². The van der Waals surface area contributed by atoms with Gasteiger partial charge in [0.1, 0.15) is 0 Å². The fraction of sp³-hybridized carbons (Fsp3) is 0.167. The Kier molecular flexibility index (Phi) is 5.43. The maximum atomic E-state index is 12.4. The van der Waals surface area contributed by atoms with Gasteiger partial charge in [-0.05, 0) is 42.7 Å². The van der Waals surface area contributed by atoms with E-state index in [0.29, 0.717) is 24.0 Å². The van der Waals surface area contributed by atoms with E-state index in [9.17, 15) is 4.79 Å². The lowest BCUT2D eigenvalue weighted by Crippen LogP contribution is -2.25. The maximum absolute atomic E-state index is 12.4. The van der Waals surface area contributed by atoms with Gasteiger partial charge in [-0.25, -0.2) is 9.97 Å². The summed E-state index contributed by atoms with van der Waals surface area (Å²) in [5.74, 6) is 2.16. The second-order valence-electron chi connectivity index (χ2n) is 9.54. The van der Waals surface area contributed by atoms with Gasteiger partial charge in [0.05, 0.1) is 17.6 Å². The van der Waals surface area contributed by atoms with Crippen LogP contribution in [0.2, 0.25) is 0 Å². The molecule has 7 rings (SSSR count). The highest BCUT2D eigenvalue weighted by Gasteiger charge is 2.24. The van der Waals surface area contributed by atoms with Crippen LogP contribution in [0.25, 0.3) is 28.2 Å². The number of amides is 1. The molecule has 38 heavy (non-hydrogen) atoms. The lowest BCUT2D eigenvalue weighted by atomic mass is 10.1. The molecule has 3 heterocycles. The van der Waals surface area contributed by atoms with Crippen LogP contribution < -0.4 is 20.1 Å². The van der Waals surface area contributed by atoms with Gasteiger partial charge in [0.15, 0.2) is 23.0 Å². The smallest absolute Gasteiger partial charge is 0.251 e. The molecule has 1 aliphatic heterocycles. The van der Waals surface area contributed by atoms with Crippen molar-refractivity contribution in [3.8, 4) is 34.0 Å². The van der Waals surface area contributed by atoms with Gasteiger partial charge in [0.2, 0.25) is 6.79 Å². The predicted molar refractivity (Wildman–Crippen MR) is 144 cm³/mol. The number of carbonyl (C=O) groups is 1. The van der Waals surface area contributed by atoms with Crippen molar-refractivity contribution in [3.63, 3.8) is 0 Å². The molecule has 188 valence electrons. The maximum Gasteiger partial charge on any atom is 0.251 e. The third-order valence-corrected chi connectivity index (χ3v) is 6.81. The number of benzene rings is 3. The Labute approximate surface area is 219 Å². The summed E-state index contributed by atoms with van der Waals surface area (Å²) in [6.07, 6.45) is 5.98. The average Bonchev–Trinajstić information content (AvgIpc) is 3.47. The molecule has 5 aromatic rings. The molecule has 0 atom stereocenters. The van der Waals surface area contributed by atoms with Crippen LogP contribution in [0.15, 0.2) is 85.2 Å². The van der Waals surface area contributed by atoms with E-state index in [1.807, 2.05) is 85.2 Å². The Bertz CT molecular complexity index is 1640. The van der Waals surface area contributed by atoms with E-state index in [1.165, 1.54) is 0 Å². The highest BCUT2D eigenvalue weighted by Crippen LogP contribution is 2.33. The van der Waals surface area contributed by atoms with Gasteiger partial charge in [0, 0.05) is 35.5 Å². The minimum absolute atomic E-state index is 0.0252. The van der Waals surface area contributed by atoms with Gasteiger partial charge in [-0.15, -0.1) is 0 Å². The molecule has 3 aromatic carbocycles. The molecule has 0 unspecified atom stereocenters. The fourth-order valence-electron chi connectivity index (χ4n) is 4.59. The number of ether oxygens (including phenoxy) is 2. The first kappa shape index (κ1) is 22.4. The summed E-state index contributed by atoms with van der Waals surface area (Å²) >= 11 is 0. The van der Waals surface area contributed by atoms with Crippen molar-refractivity contribution in [2.45, 2.75) is 25.4 Å². The normalized spacial score (nSPS) is 14.0. The lowest BCUT2D eigenvalue weighted by molar-refractivity contribution is 0.0951. The molecular formula is C30H25N5O3. The molecule has 0 bridgehead atoms. The first-order valence-corrected chi connectivity index (χ1v) is 12.7. The first-order chi connectivity index (χ1) is 18.7. The zero-order valence-corrected chi connectivity index (χ0v) is 20.6. The summed E-state index contributed by atoms with van der Waals surface area (Å²) in [6, 6.07) is 24.0. The molecular weight excluding hydrogens is 478 g/mol. The van der Waals surface area contributed by atoms with Gasteiger partial charge in [-0.1, -0.05) is 48.5 Å². The van der Waals surface area contributed by atoms with Crippen molar-refractivity contribution >= 4 is 17.4 Å². The quantitative estimate of drug-likeness (QED) is 0.313. The number of aromatic nitrogens is 3. The van der Waals surface area contributed by atoms with Crippen LogP contribution in [0.1, 0.15) is 28.8 Å². The summed E-state index contributed by atoms with van der Waals surface area (Å²) in [6.45, 7) is 0.793. The van der Waals surface area contributed by atoms with E-state index < -0.39 is 0 Å². The number of hydrogen-bond donors (Lipinski definition) is 2. The molecule has 1 fully saturated rings. The van der Waals surface area contributed by atoms with E-state index in [-0.39, 0.29) is 12.7 Å². The van der Waals surface area contributed by atoms with Crippen LogP contribution in [0, 0.1) is 0 Å². The largest absolute Gasteiger partial charge is 0.454 e. The second kappa shape index (κ2) is 9.23. The third kappa shape index (κ3) is 4.30. The number of nitrogens with one attached hydrogen (secondary N) is 2. The summed E-state index contributed by atoms with van der Waals surface area (Å²) < 4.78 is 13.0. The lowest BCUT2D eigenvalue weighted by Gasteiger charge is -2.12. The molecule has 2 aliphatic rings. The van der Waals surface area contributed by atoms with Crippen molar-refractivity contribution < 1.29 is 14.3 Å². The minimum Gasteiger partial charge on any atom is -0.454 e. The van der Waals surface area contributed by atoms with Crippen LogP contribution in [0.3, 0.4) is 0 Å². The topological polar surface area (TPSA) is 89.8 Å². The highest BCUT2D eigenvalue weighted by molar-refractivity contribution is 5.95. The number of carbonyl (C=O) groups excluding carboxylic acids is 1. The number of anilines is 1. The third-order valence-electron chi connectivity index (χ3n) is 6.81. The zero-order valence-electron chi connectivity index (χ0n) is 20.6. The minimum atomic E-state index is -0.0252. The summed E-state index contributed by atoms with van der Waals surface area (Å²) in [4.78, 5) is 22.1. The van der Waals surface area contributed by atoms with Crippen LogP contribution in [0.5, 0.6) is 11.5 Å². The zero-order chi connectivity index (χ0) is 25.5. The van der Waals surface area contributed by atoms with Crippen LogP contribution in [-0.2, 0) is 6.54 Å². The molecule has 1 amide bonds. The van der Waals surface area contributed by atoms with Crippen LogP contribution in [-0.4, -0.2) is 33.1 Å². The number of imidazole rings is 1. The summed E-state index contributed by atoms with van der Waals surface area (Å²) in [7, 11) is 0. The Morgan fingerprint density at radius 3 is 2.58 bits per heavy atom. The van der Waals surface area contributed by atoms with E-state index in [2.05, 4.69) is 15.0 Å². The number of nitrogens with zero attached hydrogens (tertiary/aromatic N) is 3. The van der Waals surface area contributed by atoms with Crippen molar-refractivity contribution in [1.82, 2.24) is 19.7 Å². The van der Waals surface area contributed by atoms with E-state index in [1.54, 1.807) is 0 Å². The fourth-order valence-corrected chi connectivity index (χ4v) is 4.59. The Balaban J connectivity index is 1.24. The molecule has 0 spiro atoms. The Hall–Kier alpha value is -4.85. The van der Waals surface area contributed by atoms with Crippen molar-refractivity contribution in [2.75, 3.05) is 12.1 Å². The van der Waals surface area contributed by atoms with Gasteiger partial charge in [-0.2, -0.15) is 0 Å². The molecule has 1 saturated carbocycles. The average molecular weight is 504 g/mol. The Morgan fingerprint density at radius 2 is 1.76 bits per heavy atom. The standard InChI is InChI=1S/C30H25N5O3/c36-30(33-23-11-12-23)22-9-7-21(8-10-22)25-16-32-29-28(31-15-19-6-13-26-27(14-19)38-18-37-26)34-24(17-35(25)29)20-4-2-1-3-5-20/h1-10,13-14,16-17,23H,11-12,15,18H2,(H,31,34)(H,33,36). The molecule has 1 aliphatic carbocycles. The number of fused-ring (bicyclic) bond motifs is 2.